The first-order valence-electron chi connectivity index (χ1n) is 7.86. The van der Waals surface area contributed by atoms with E-state index in [9.17, 15) is 4.79 Å². The molecule has 2 amide bonds. The molecule has 7 heteroatoms. The highest BCUT2D eigenvalue weighted by molar-refractivity contribution is 5.89. The van der Waals surface area contributed by atoms with Gasteiger partial charge in [-0.1, -0.05) is 0 Å². The standard InChI is InChI=1S/C16H21N5O2/c1-23-13-7-5-12(6-8-13)18-16(22)17-10-9-15-20-19-14-4-2-3-11-21(14)15/h5-8H,2-4,9-11H2,1H3,(H2,17,18,22). The van der Waals surface area contributed by atoms with Gasteiger partial charge in [-0.25, -0.2) is 4.79 Å². The van der Waals surface area contributed by atoms with Gasteiger partial charge in [0.15, 0.2) is 0 Å². The first-order valence-corrected chi connectivity index (χ1v) is 7.86. The predicted molar refractivity (Wildman–Crippen MR) is 86.7 cm³/mol. The molecule has 1 aromatic heterocycles. The average Bonchev–Trinajstić information content (AvgIpc) is 2.99. The van der Waals surface area contributed by atoms with Crippen LogP contribution in [0.5, 0.6) is 5.75 Å². The molecular formula is C16H21N5O2. The fourth-order valence-electron chi connectivity index (χ4n) is 2.69. The maximum Gasteiger partial charge on any atom is 0.319 e. The Labute approximate surface area is 135 Å². The van der Waals surface area contributed by atoms with Crippen molar-refractivity contribution >= 4 is 11.7 Å². The van der Waals surface area contributed by atoms with Crippen LogP contribution in [0.2, 0.25) is 0 Å². The number of nitrogens with one attached hydrogen (secondary N) is 2. The van der Waals surface area contributed by atoms with E-state index in [2.05, 4.69) is 25.4 Å². The zero-order valence-electron chi connectivity index (χ0n) is 13.2. The van der Waals surface area contributed by atoms with E-state index in [1.807, 2.05) is 0 Å². The van der Waals surface area contributed by atoms with Crippen LogP contribution in [0, 0.1) is 0 Å². The Bertz CT molecular complexity index is 666. The summed E-state index contributed by atoms with van der Waals surface area (Å²) >= 11 is 0. The second-order valence-electron chi connectivity index (χ2n) is 5.50. The number of anilines is 1. The van der Waals surface area contributed by atoms with E-state index in [0.717, 1.165) is 36.1 Å². The maximum absolute atomic E-state index is 11.9. The van der Waals surface area contributed by atoms with Crippen LogP contribution in [0.25, 0.3) is 0 Å². The normalized spacial score (nSPS) is 13.3. The molecule has 0 atom stereocenters. The number of nitrogens with zero attached hydrogens (tertiary/aromatic N) is 3. The molecule has 23 heavy (non-hydrogen) atoms. The van der Waals surface area contributed by atoms with Crippen LogP contribution in [0.3, 0.4) is 0 Å². The number of hydrogen-bond acceptors (Lipinski definition) is 4. The number of amides is 2. The van der Waals surface area contributed by atoms with E-state index in [1.165, 1.54) is 12.8 Å². The lowest BCUT2D eigenvalue weighted by atomic mass is 10.1. The number of aromatic nitrogens is 3. The lowest BCUT2D eigenvalue weighted by Crippen LogP contribution is -2.31. The maximum atomic E-state index is 11.9. The third kappa shape index (κ3) is 3.80. The zero-order chi connectivity index (χ0) is 16.1. The van der Waals surface area contributed by atoms with Crippen molar-refractivity contribution in [2.45, 2.75) is 32.2 Å². The minimum atomic E-state index is -0.228. The number of hydrogen-bond donors (Lipinski definition) is 2. The number of rotatable bonds is 5. The molecule has 7 nitrogen and oxygen atoms in total. The highest BCUT2D eigenvalue weighted by Gasteiger charge is 2.15. The molecule has 0 bridgehead atoms. The molecule has 0 saturated carbocycles. The second-order valence-corrected chi connectivity index (χ2v) is 5.50. The number of carbonyl (C=O) groups is 1. The van der Waals surface area contributed by atoms with Gasteiger partial charge >= 0.3 is 6.03 Å². The summed E-state index contributed by atoms with van der Waals surface area (Å²) in [4.78, 5) is 11.9. The van der Waals surface area contributed by atoms with E-state index in [0.29, 0.717) is 13.0 Å². The van der Waals surface area contributed by atoms with Crippen molar-refractivity contribution in [2.24, 2.45) is 0 Å². The highest BCUT2D eigenvalue weighted by atomic mass is 16.5. The largest absolute Gasteiger partial charge is 0.497 e. The van der Waals surface area contributed by atoms with Crippen molar-refractivity contribution < 1.29 is 9.53 Å². The van der Waals surface area contributed by atoms with Gasteiger partial charge in [0.25, 0.3) is 0 Å². The molecule has 122 valence electrons. The molecule has 0 unspecified atom stereocenters. The molecule has 2 aromatic rings. The zero-order valence-corrected chi connectivity index (χ0v) is 13.2. The number of benzene rings is 1. The van der Waals surface area contributed by atoms with E-state index in [-0.39, 0.29) is 6.03 Å². The van der Waals surface area contributed by atoms with Crippen molar-refractivity contribution in [1.82, 2.24) is 20.1 Å². The van der Waals surface area contributed by atoms with Crippen molar-refractivity contribution in [3.63, 3.8) is 0 Å². The molecule has 1 aromatic carbocycles. The Morgan fingerprint density at radius 3 is 2.87 bits per heavy atom. The summed E-state index contributed by atoms with van der Waals surface area (Å²) in [5.74, 6) is 2.77. The van der Waals surface area contributed by atoms with Gasteiger partial charge in [-0.3, -0.25) is 0 Å². The summed E-state index contributed by atoms with van der Waals surface area (Å²) < 4.78 is 7.26. The minimum Gasteiger partial charge on any atom is -0.497 e. The smallest absolute Gasteiger partial charge is 0.319 e. The number of fused-ring (bicyclic) bond motifs is 1. The van der Waals surface area contributed by atoms with Gasteiger partial charge in [0.2, 0.25) is 0 Å². The van der Waals surface area contributed by atoms with Gasteiger partial charge in [-0.2, -0.15) is 0 Å². The molecular weight excluding hydrogens is 294 g/mol. The van der Waals surface area contributed by atoms with Crippen LogP contribution in [-0.2, 0) is 19.4 Å². The summed E-state index contributed by atoms with van der Waals surface area (Å²) in [7, 11) is 1.61. The number of ether oxygens (including phenoxy) is 1. The van der Waals surface area contributed by atoms with Gasteiger partial charge < -0.3 is 19.9 Å². The van der Waals surface area contributed by atoms with Crippen LogP contribution in [0.15, 0.2) is 24.3 Å². The first kappa shape index (κ1) is 15.3. The molecule has 0 spiro atoms. The van der Waals surface area contributed by atoms with Gasteiger partial charge in [0.05, 0.1) is 7.11 Å². The van der Waals surface area contributed by atoms with E-state index in [4.69, 9.17) is 4.74 Å². The molecule has 2 heterocycles. The van der Waals surface area contributed by atoms with Crippen LogP contribution in [-0.4, -0.2) is 34.5 Å². The number of aryl methyl sites for hydroxylation is 1. The van der Waals surface area contributed by atoms with Gasteiger partial charge in [-0.15, -0.1) is 10.2 Å². The molecule has 0 saturated heterocycles. The summed E-state index contributed by atoms with van der Waals surface area (Å²) in [6.07, 6.45) is 4.03. The summed E-state index contributed by atoms with van der Waals surface area (Å²) in [5.41, 5.74) is 0.725. The fraction of sp³-hybridized carbons (Fsp3) is 0.438. The van der Waals surface area contributed by atoms with E-state index >= 15 is 0 Å². The molecule has 0 aliphatic carbocycles. The third-order valence-electron chi connectivity index (χ3n) is 3.92. The third-order valence-corrected chi connectivity index (χ3v) is 3.92. The Morgan fingerprint density at radius 2 is 2.09 bits per heavy atom. The topological polar surface area (TPSA) is 81.1 Å². The molecule has 1 aliphatic heterocycles. The molecule has 3 rings (SSSR count). The number of methoxy groups -OCH3 is 1. The van der Waals surface area contributed by atoms with Gasteiger partial charge in [0.1, 0.15) is 17.4 Å². The first-order chi connectivity index (χ1) is 11.3. The van der Waals surface area contributed by atoms with Crippen LogP contribution >= 0.6 is 0 Å². The van der Waals surface area contributed by atoms with Crippen molar-refractivity contribution in [2.75, 3.05) is 19.0 Å². The second kappa shape index (κ2) is 7.13. The average molecular weight is 315 g/mol. The lowest BCUT2D eigenvalue weighted by Gasteiger charge is -2.14. The fourth-order valence-corrected chi connectivity index (χ4v) is 2.69. The van der Waals surface area contributed by atoms with Crippen molar-refractivity contribution in [1.29, 1.82) is 0 Å². The van der Waals surface area contributed by atoms with E-state index in [1.54, 1.807) is 31.4 Å². The molecule has 0 radical (unpaired) electrons. The van der Waals surface area contributed by atoms with Crippen LogP contribution < -0.4 is 15.4 Å². The number of carbonyl (C=O) groups excluding carboxylic acids is 1. The summed E-state index contributed by atoms with van der Waals surface area (Å²) in [6, 6.07) is 6.98. The SMILES string of the molecule is COc1ccc(NC(=O)NCCc2nnc3n2CCCC3)cc1. The summed E-state index contributed by atoms with van der Waals surface area (Å²) in [6.45, 7) is 1.51. The van der Waals surface area contributed by atoms with Crippen LogP contribution in [0.4, 0.5) is 10.5 Å². The lowest BCUT2D eigenvalue weighted by molar-refractivity contribution is 0.252. The minimum absolute atomic E-state index is 0.228. The summed E-state index contributed by atoms with van der Waals surface area (Å²) in [5, 5.41) is 14.1. The van der Waals surface area contributed by atoms with Gasteiger partial charge in [-0.05, 0) is 37.1 Å². The van der Waals surface area contributed by atoms with Gasteiger partial charge in [0, 0.05) is 31.6 Å². The highest BCUT2D eigenvalue weighted by Crippen LogP contribution is 2.15. The van der Waals surface area contributed by atoms with E-state index < -0.39 is 0 Å². The molecule has 1 aliphatic rings. The molecule has 2 N–H and O–H groups in total. The Morgan fingerprint density at radius 1 is 1.26 bits per heavy atom. The van der Waals surface area contributed by atoms with Crippen molar-refractivity contribution in [3.8, 4) is 5.75 Å². The van der Waals surface area contributed by atoms with Crippen LogP contribution in [0.1, 0.15) is 24.5 Å². The van der Waals surface area contributed by atoms with Crippen molar-refractivity contribution in [3.05, 3.63) is 35.9 Å². The monoisotopic (exact) mass is 315 g/mol. The number of urea groups is 1. The Kier molecular flexibility index (Phi) is 4.75. The Balaban J connectivity index is 1.46. The predicted octanol–water partition coefficient (Wildman–Crippen LogP) is 1.99. The Hall–Kier alpha value is -2.57. The molecule has 0 fully saturated rings. The quantitative estimate of drug-likeness (QED) is 0.884.